The van der Waals surface area contributed by atoms with Crippen LogP contribution in [-0.4, -0.2) is 37.8 Å². The fourth-order valence-electron chi connectivity index (χ4n) is 4.38. The molecule has 5 nitrogen and oxygen atoms in total. The Labute approximate surface area is 175 Å². The number of benzene rings is 2. The van der Waals surface area contributed by atoms with Crippen LogP contribution in [0.25, 0.3) is 0 Å². The third-order valence-corrected chi connectivity index (χ3v) is 7.99. The lowest BCUT2D eigenvalue weighted by Crippen LogP contribution is -2.48. The predicted molar refractivity (Wildman–Crippen MR) is 110 cm³/mol. The van der Waals surface area contributed by atoms with Crippen molar-refractivity contribution in [1.29, 1.82) is 0 Å². The molecule has 1 amide bonds. The molecule has 1 saturated heterocycles. The van der Waals surface area contributed by atoms with Gasteiger partial charge in [0, 0.05) is 30.7 Å². The Balaban J connectivity index is 1.50. The number of anilines is 1. The van der Waals surface area contributed by atoms with Gasteiger partial charge in [-0.1, -0.05) is 18.2 Å². The molecule has 2 aromatic carbocycles. The van der Waals surface area contributed by atoms with Crippen molar-refractivity contribution in [2.45, 2.75) is 43.5 Å². The van der Waals surface area contributed by atoms with Crippen LogP contribution in [0.5, 0.6) is 0 Å². The fourth-order valence-corrected chi connectivity index (χ4v) is 5.92. The van der Waals surface area contributed by atoms with Crippen LogP contribution in [0.4, 0.5) is 14.5 Å². The summed E-state index contributed by atoms with van der Waals surface area (Å²) >= 11 is 0. The van der Waals surface area contributed by atoms with Crippen LogP contribution in [-0.2, 0) is 21.2 Å². The van der Waals surface area contributed by atoms with Crippen LogP contribution in [0, 0.1) is 17.6 Å². The normalized spacial score (nSPS) is 20.8. The molecule has 160 valence electrons. The van der Waals surface area contributed by atoms with E-state index in [1.165, 1.54) is 0 Å². The number of nitrogens with zero attached hydrogens (tertiary/aromatic N) is 2. The third-order valence-electron chi connectivity index (χ3n) is 6.08. The van der Waals surface area contributed by atoms with E-state index in [0.717, 1.165) is 40.5 Å². The minimum absolute atomic E-state index is 0.00336. The highest BCUT2D eigenvalue weighted by Gasteiger charge is 2.37. The molecule has 0 spiro atoms. The van der Waals surface area contributed by atoms with E-state index < -0.39 is 26.6 Å². The summed E-state index contributed by atoms with van der Waals surface area (Å²) in [6.07, 6.45) is 2.51. The zero-order chi connectivity index (χ0) is 21.5. The van der Waals surface area contributed by atoms with Crippen molar-refractivity contribution < 1.29 is 22.0 Å². The van der Waals surface area contributed by atoms with Gasteiger partial charge in [0.05, 0.1) is 0 Å². The average Bonchev–Trinajstić information content (AvgIpc) is 2.75. The molecule has 2 aromatic rings. The zero-order valence-corrected chi connectivity index (χ0v) is 17.5. The highest BCUT2D eigenvalue weighted by atomic mass is 32.2. The summed E-state index contributed by atoms with van der Waals surface area (Å²) in [7, 11) is -4.16. The number of hydrogen-bond acceptors (Lipinski definition) is 3. The molecule has 0 saturated carbocycles. The van der Waals surface area contributed by atoms with Gasteiger partial charge in [-0.3, -0.25) is 4.79 Å². The highest BCUT2D eigenvalue weighted by molar-refractivity contribution is 7.89. The average molecular weight is 435 g/mol. The van der Waals surface area contributed by atoms with Crippen LogP contribution in [0.2, 0.25) is 0 Å². The van der Waals surface area contributed by atoms with Crippen molar-refractivity contribution in [3.63, 3.8) is 0 Å². The molecule has 2 aliphatic rings. The van der Waals surface area contributed by atoms with Crippen LogP contribution in [0.1, 0.15) is 31.7 Å². The van der Waals surface area contributed by atoms with E-state index in [9.17, 15) is 22.0 Å². The number of carbonyl (C=O) groups excluding carboxylic acids is 1. The summed E-state index contributed by atoms with van der Waals surface area (Å²) in [5.41, 5.74) is 2.07. The number of sulfonamides is 1. The first-order valence-corrected chi connectivity index (χ1v) is 11.6. The predicted octanol–water partition coefficient (Wildman–Crippen LogP) is 3.73. The molecule has 1 fully saturated rings. The SMILES string of the molecule is CC1CCc2ccccc2N1C(=O)C1CCN(S(=O)(=O)c2cc(F)ccc2F)CC1. The highest BCUT2D eigenvalue weighted by Crippen LogP contribution is 2.34. The van der Waals surface area contributed by atoms with E-state index in [1.54, 1.807) is 0 Å². The van der Waals surface area contributed by atoms with Gasteiger partial charge in [-0.2, -0.15) is 4.31 Å². The van der Waals surface area contributed by atoms with Crippen LogP contribution < -0.4 is 4.90 Å². The van der Waals surface area contributed by atoms with Gasteiger partial charge < -0.3 is 4.90 Å². The number of fused-ring (bicyclic) bond motifs is 1. The first kappa shape index (κ1) is 20.9. The van der Waals surface area contributed by atoms with Crippen molar-refractivity contribution in [2.24, 2.45) is 5.92 Å². The Hall–Kier alpha value is -2.32. The Kier molecular flexibility index (Phi) is 5.63. The molecule has 1 atom stereocenters. The Morgan fingerprint density at radius 2 is 1.73 bits per heavy atom. The van der Waals surface area contributed by atoms with Crippen LogP contribution in [0.15, 0.2) is 47.4 Å². The minimum Gasteiger partial charge on any atom is -0.309 e. The van der Waals surface area contributed by atoms with Gasteiger partial charge in [-0.05, 0) is 62.4 Å². The fraction of sp³-hybridized carbons (Fsp3) is 0.409. The van der Waals surface area contributed by atoms with Gasteiger partial charge >= 0.3 is 0 Å². The van der Waals surface area contributed by atoms with E-state index in [4.69, 9.17) is 0 Å². The lowest BCUT2D eigenvalue weighted by atomic mass is 9.91. The molecule has 0 aliphatic carbocycles. The smallest absolute Gasteiger partial charge is 0.246 e. The van der Waals surface area contributed by atoms with Crippen LogP contribution in [0.3, 0.4) is 0 Å². The topological polar surface area (TPSA) is 57.7 Å². The molecule has 2 aliphatic heterocycles. The monoisotopic (exact) mass is 434 g/mol. The maximum absolute atomic E-state index is 14.0. The summed E-state index contributed by atoms with van der Waals surface area (Å²) < 4.78 is 54.2. The number of piperidine rings is 1. The summed E-state index contributed by atoms with van der Waals surface area (Å²) in [5.74, 6) is -2.09. The second-order valence-corrected chi connectivity index (χ2v) is 9.88. The molecule has 30 heavy (non-hydrogen) atoms. The Bertz CT molecular complexity index is 1070. The minimum atomic E-state index is -4.16. The summed E-state index contributed by atoms with van der Waals surface area (Å²) in [6, 6.07) is 10.3. The summed E-state index contributed by atoms with van der Waals surface area (Å²) in [5, 5.41) is 0. The Morgan fingerprint density at radius 3 is 2.47 bits per heavy atom. The van der Waals surface area contributed by atoms with Crippen molar-refractivity contribution >= 4 is 21.6 Å². The largest absolute Gasteiger partial charge is 0.309 e. The molecule has 0 aromatic heterocycles. The standard InChI is InChI=1S/C22H24F2N2O3S/c1-15-6-7-16-4-2-3-5-20(16)26(15)22(27)17-10-12-25(13-11-17)30(28,29)21-14-18(23)8-9-19(21)24/h2-5,8-9,14-15,17H,6-7,10-13H2,1H3. The van der Waals surface area contributed by atoms with Crippen molar-refractivity contribution in [3.05, 3.63) is 59.7 Å². The quantitative estimate of drug-likeness (QED) is 0.740. The molecule has 0 N–H and O–H groups in total. The van der Waals surface area contributed by atoms with Gasteiger partial charge in [0.15, 0.2) is 0 Å². The summed E-state index contributed by atoms with van der Waals surface area (Å²) in [4.78, 5) is 14.5. The maximum atomic E-state index is 14.0. The molecule has 8 heteroatoms. The molecule has 4 rings (SSSR count). The molecular weight excluding hydrogens is 410 g/mol. The zero-order valence-electron chi connectivity index (χ0n) is 16.7. The molecule has 2 heterocycles. The van der Waals surface area contributed by atoms with E-state index >= 15 is 0 Å². The van der Waals surface area contributed by atoms with Crippen LogP contribution >= 0.6 is 0 Å². The number of halogens is 2. The van der Waals surface area contributed by atoms with E-state index in [0.29, 0.717) is 18.9 Å². The first-order valence-electron chi connectivity index (χ1n) is 10.1. The molecule has 0 radical (unpaired) electrons. The lowest BCUT2D eigenvalue weighted by molar-refractivity contribution is -0.124. The van der Waals surface area contributed by atoms with Crippen molar-refractivity contribution in [2.75, 3.05) is 18.0 Å². The van der Waals surface area contributed by atoms with Gasteiger partial charge in [0.2, 0.25) is 15.9 Å². The maximum Gasteiger partial charge on any atom is 0.246 e. The van der Waals surface area contributed by atoms with Gasteiger partial charge in [0.25, 0.3) is 0 Å². The summed E-state index contributed by atoms with van der Waals surface area (Å²) in [6.45, 7) is 2.22. The lowest BCUT2D eigenvalue weighted by Gasteiger charge is -2.39. The number of rotatable bonds is 3. The second-order valence-electron chi connectivity index (χ2n) is 7.98. The molecule has 0 bridgehead atoms. The molecular formula is C22H24F2N2O3S. The number of amides is 1. The number of carbonyl (C=O) groups is 1. The van der Waals surface area contributed by atoms with Gasteiger partial charge in [-0.15, -0.1) is 0 Å². The number of para-hydroxylation sites is 1. The second kappa shape index (κ2) is 8.07. The van der Waals surface area contributed by atoms with E-state index in [2.05, 4.69) is 0 Å². The number of hydrogen-bond donors (Lipinski definition) is 0. The van der Waals surface area contributed by atoms with E-state index in [1.807, 2.05) is 36.1 Å². The van der Waals surface area contributed by atoms with Gasteiger partial charge in [-0.25, -0.2) is 17.2 Å². The van der Waals surface area contributed by atoms with Crippen molar-refractivity contribution in [3.8, 4) is 0 Å². The van der Waals surface area contributed by atoms with Crippen molar-refractivity contribution in [1.82, 2.24) is 4.31 Å². The van der Waals surface area contributed by atoms with E-state index in [-0.39, 0.29) is 31.0 Å². The number of aryl methyl sites for hydroxylation is 1. The Morgan fingerprint density at radius 1 is 1.03 bits per heavy atom. The van der Waals surface area contributed by atoms with Gasteiger partial charge in [0.1, 0.15) is 16.5 Å². The third kappa shape index (κ3) is 3.74. The first-order chi connectivity index (χ1) is 14.3. The molecule has 1 unspecified atom stereocenters.